The maximum atomic E-state index is 12.1. The molecule has 2 amide bonds. The molecule has 1 aliphatic rings. The molecule has 0 bridgehead atoms. The van der Waals surface area contributed by atoms with E-state index in [9.17, 15) is 4.79 Å². The molecule has 1 fully saturated rings. The third-order valence-corrected chi connectivity index (χ3v) is 4.96. The zero-order chi connectivity index (χ0) is 17.0. The first-order valence-corrected chi connectivity index (χ1v) is 8.47. The fourth-order valence-corrected chi connectivity index (χ4v) is 2.87. The third-order valence-electron chi connectivity index (χ3n) is 4.22. The molecule has 1 aromatic rings. The molecule has 0 saturated carbocycles. The van der Waals surface area contributed by atoms with Crippen molar-refractivity contribution in [2.45, 2.75) is 19.4 Å². The first kappa shape index (κ1) is 18.3. The Labute approximate surface area is 147 Å². The molecule has 0 radical (unpaired) electrons. The second kappa shape index (κ2) is 7.71. The van der Waals surface area contributed by atoms with Gasteiger partial charge in [-0.3, -0.25) is 4.90 Å². The van der Waals surface area contributed by atoms with E-state index in [1.54, 1.807) is 18.2 Å². The highest BCUT2D eigenvalue weighted by molar-refractivity contribution is 6.42. The normalized spacial score (nSPS) is 17.1. The van der Waals surface area contributed by atoms with E-state index < -0.39 is 0 Å². The van der Waals surface area contributed by atoms with E-state index in [0.29, 0.717) is 22.3 Å². The fourth-order valence-electron chi connectivity index (χ4n) is 2.57. The van der Waals surface area contributed by atoms with Gasteiger partial charge in [0.2, 0.25) is 0 Å². The largest absolute Gasteiger partial charge is 0.336 e. The molecule has 2 rings (SSSR count). The molecule has 0 aliphatic carbocycles. The molecule has 0 atom stereocenters. The van der Waals surface area contributed by atoms with E-state index in [1.165, 1.54) is 0 Å². The Morgan fingerprint density at radius 1 is 1.17 bits per heavy atom. The zero-order valence-corrected chi connectivity index (χ0v) is 15.3. The molecule has 1 heterocycles. The smallest absolute Gasteiger partial charge is 0.319 e. The molecule has 7 heteroatoms. The van der Waals surface area contributed by atoms with Gasteiger partial charge in [-0.2, -0.15) is 0 Å². The van der Waals surface area contributed by atoms with Crippen molar-refractivity contribution in [2.75, 3.05) is 45.1 Å². The van der Waals surface area contributed by atoms with Gasteiger partial charge in [0.05, 0.1) is 10.0 Å². The minimum atomic E-state index is -0.245. The summed E-state index contributed by atoms with van der Waals surface area (Å²) in [5.74, 6) is 0. The number of benzene rings is 1. The van der Waals surface area contributed by atoms with Crippen LogP contribution in [0.3, 0.4) is 0 Å². The number of hydrogen-bond acceptors (Lipinski definition) is 3. The highest BCUT2D eigenvalue weighted by Gasteiger charge is 2.29. The Kier molecular flexibility index (Phi) is 6.14. The second-order valence-corrected chi connectivity index (χ2v) is 7.35. The van der Waals surface area contributed by atoms with Crippen LogP contribution in [0.5, 0.6) is 0 Å². The van der Waals surface area contributed by atoms with Gasteiger partial charge in [-0.15, -0.1) is 0 Å². The standard InChI is InChI=1S/C16H24Cl2N4O/c1-16(2,22-8-6-21(3)7-9-22)11-19-15(23)20-12-4-5-13(17)14(18)10-12/h4-5,10H,6-9,11H2,1-3H3,(H2,19,20,23). The quantitative estimate of drug-likeness (QED) is 0.868. The lowest BCUT2D eigenvalue weighted by Gasteiger charge is -2.43. The lowest BCUT2D eigenvalue weighted by molar-refractivity contribution is 0.0636. The van der Waals surface area contributed by atoms with Crippen molar-refractivity contribution in [2.24, 2.45) is 0 Å². The van der Waals surface area contributed by atoms with E-state index in [-0.39, 0.29) is 11.6 Å². The van der Waals surface area contributed by atoms with Crippen LogP contribution in [0.2, 0.25) is 10.0 Å². The molecular weight excluding hydrogens is 335 g/mol. The van der Waals surface area contributed by atoms with Crippen LogP contribution < -0.4 is 10.6 Å². The minimum absolute atomic E-state index is 0.0871. The average molecular weight is 359 g/mol. The Bertz CT molecular complexity index is 557. The summed E-state index contributed by atoms with van der Waals surface area (Å²) in [6.45, 7) is 9.01. The van der Waals surface area contributed by atoms with E-state index in [1.807, 2.05) is 0 Å². The van der Waals surface area contributed by atoms with E-state index in [4.69, 9.17) is 23.2 Å². The average Bonchev–Trinajstić information content (AvgIpc) is 2.50. The molecule has 5 nitrogen and oxygen atoms in total. The highest BCUT2D eigenvalue weighted by Crippen LogP contribution is 2.25. The van der Waals surface area contributed by atoms with Gasteiger partial charge >= 0.3 is 6.03 Å². The second-order valence-electron chi connectivity index (χ2n) is 6.54. The number of hydrogen-bond donors (Lipinski definition) is 2. The first-order valence-electron chi connectivity index (χ1n) is 7.71. The van der Waals surface area contributed by atoms with Crippen LogP contribution >= 0.6 is 23.2 Å². The number of piperazine rings is 1. The van der Waals surface area contributed by atoms with Gasteiger partial charge in [0.25, 0.3) is 0 Å². The summed E-state index contributed by atoms with van der Waals surface area (Å²) in [7, 11) is 2.13. The molecule has 0 spiro atoms. The molecule has 128 valence electrons. The number of anilines is 1. The Morgan fingerprint density at radius 2 is 1.83 bits per heavy atom. The SMILES string of the molecule is CN1CCN(C(C)(C)CNC(=O)Nc2ccc(Cl)c(Cl)c2)CC1. The molecule has 1 aliphatic heterocycles. The summed E-state index contributed by atoms with van der Waals surface area (Å²) in [6.07, 6.45) is 0. The summed E-state index contributed by atoms with van der Waals surface area (Å²) in [6, 6.07) is 4.77. The number of nitrogens with zero attached hydrogens (tertiary/aromatic N) is 2. The minimum Gasteiger partial charge on any atom is -0.336 e. The van der Waals surface area contributed by atoms with Gasteiger partial charge in [-0.05, 0) is 39.1 Å². The highest BCUT2D eigenvalue weighted by atomic mass is 35.5. The number of halogens is 2. The van der Waals surface area contributed by atoms with Gasteiger partial charge in [0.15, 0.2) is 0 Å². The number of likely N-dealkylation sites (N-methyl/N-ethyl adjacent to an activating group) is 1. The first-order chi connectivity index (χ1) is 10.8. The van der Waals surface area contributed by atoms with Crippen molar-refractivity contribution >= 4 is 34.9 Å². The molecule has 0 unspecified atom stereocenters. The van der Waals surface area contributed by atoms with Gasteiger partial charge in [0.1, 0.15) is 0 Å². The van der Waals surface area contributed by atoms with Crippen LogP contribution in [0.15, 0.2) is 18.2 Å². The summed E-state index contributed by atoms with van der Waals surface area (Å²) >= 11 is 11.8. The van der Waals surface area contributed by atoms with E-state index in [0.717, 1.165) is 26.2 Å². The Morgan fingerprint density at radius 3 is 2.43 bits per heavy atom. The van der Waals surface area contributed by atoms with Crippen LogP contribution in [0.4, 0.5) is 10.5 Å². The number of nitrogens with one attached hydrogen (secondary N) is 2. The van der Waals surface area contributed by atoms with Crippen molar-refractivity contribution in [1.82, 2.24) is 15.1 Å². The summed E-state index contributed by atoms with van der Waals surface area (Å²) < 4.78 is 0. The van der Waals surface area contributed by atoms with Crippen LogP contribution in [0.1, 0.15) is 13.8 Å². The van der Waals surface area contributed by atoms with Crippen molar-refractivity contribution in [1.29, 1.82) is 0 Å². The molecule has 23 heavy (non-hydrogen) atoms. The molecule has 2 N–H and O–H groups in total. The molecule has 1 aromatic carbocycles. The van der Waals surface area contributed by atoms with E-state index in [2.05, 4.69) is 41.3 Å². The lowest BCUT2D eigenvalue weighted by atomic mass is 10.0. The van der Waals surface area contributed by atoms with Crippen LogP contribution in [0, 0.1) is 0 Å². The molecule has 0 aromatic heterocycles. The number of amides is 2. The van der Waals surface area contributed by atoms with Gasteiger partial charge in [-0.1, -0.05) is 23.2 Å². The van der Waals surface area contributed by atoms with Crippen molar-refractivity contribution in [3.05, 3.63) is 28.2 Å². The fraction of sp³-hybridized carbons (Fsp3) is 0.562. The Balaban J connectivity index is 1.84. The topological polar surface area (TPSA) is 47.6 Å². The number of rotatable bonds is 4. The summed E-state index contributed by atoms with van der Waals surface area (Å²) in [5.41, 5.74) is 0.533. The van der Waals surface area contributed by atoms with Crippen molar-refractivity contribution in [3.8, 4) is 0 Å². The summed E-state index contributed by atoms with van der Waals surface area (Å²) in [5, 5.41) is 6.59. The number of carbonyl (C=O) groups excluding carboxylic acids is 1. The van der Waals surface area contributed by atoms with Crippen molar-refractivity contribution < 1.29 is 4.79 Å². The van der Waals surface area contributed by atoms with E-state index >= 15 is 0 Å². The lowest BCUT2D eigenvalue weighted by Crippen LogP contribution is -2.58. The maximum absolute atomic E-state index is 12.1. The number of carbonyl (C=O) groups is 1. The predicted molar refractivity (Wildman–Crippen MR) is 96.6 cm³/mol. The molecule has 1 saturated heterocycles. The zero-order valence-electron chi connectivity index (χ0n) is 13.8. The van der Waals surface area contributed by atoms with Crippen LogP contribution in [-0.4, -0.2) is 61.1 Å². The third kappa shape index (κ3) is 5.24. The number of urea groups is 1. The van der Waals surface area contributed by atoms with Crippen LogP contribution in [-0.2, 0) is 0 Å². The predicted octanol–water partition coefficient (Wildman–Crippen LogP) is 3.14. The molecular formula is C16H24Cl2N4O. The monoisotopic (exact) mass is 358 g/mol. The van der Waals surface area contributed by atoms with Gasteiger partial charge < -0.3 is 15.5 Å². The van der Waals surface area contributed by atoms with Crippen LogP contribution in [0.25, 0.3) is 0 Å². The Hall–Kier alpha value is -1.01. The van der Waals surface area contributed by atoms with Crippen molar-refractivity contribution in [3.63, 3.8) is 0 Å². The maximum Gasteiger partial charge on any atom is 0.319 e. The summed E-state index contributed by atoms with van der Waals surface area (Å²) in [4.78, 5) is 16.8. The van der Waals surface area contributed by atoms with Gasteiger partial charge in [0, 0.05) is 44.0 Å². The van der Waals surface area contributed by atoms with Gasteiger partial charge in [-0.25, -0.2) is 4.79 Å².